The van der Waals surface area contributed by atoms with Crippen molar-refractivity contribution in [1.82, 2.24) is 14.8 Å². The van der Waals surface area contributed by atoms with Crippen LogP contribution >= 0.6 is 11.3 Å². The molecule has 0 saturated heterocycles. The van der Waals surface area contributed by atoms with E-state index in [1.54, 1.807) is 30.1 Å². The molecule has 32 heavy (non-hydrogen) atoms. The molecule has 0 aliphatic rings. The molecule has 0 aliphatic carbocycles. The Balaban J connectivity index is 1.41. The van der Waals surface area contributed by atoms with Crippen LogP contribution in [-0.4, -0.2) is 20.7 Å². The zero-order chi connectivity index (χ0) is 22.2. The Bertz CT molecular complexity index is 1450. The highest BCUT2D eigenvalue weighted by molar-refractivity contribution is 7.20. The summed E-state index contributed by atoms with van der Waals surface area (Å²) in [6.07, 6.45) is 1.74. The zero-order valence-electron chi connectivity index (χ0n) is 17.5. The van der Waals surface area contributed by atoms with E-state index in [-0.39, 0.29) is 11.7 Å². The molecule has 7 heteroatoms. The molecular weight excluding hydrogens is 423 g/mol. The molecule has 0 saturated carbocycles. The number of fused-ring (bicyclic) bond motifs is 1. The molecule has 0 spiro atoms. The predicted molar refractivity (Wildman–Crippen MR) is 126 cm³/mol. The third kappa shape index (κ3) is 3.78. The molecule has 2 aromatic carbocycles. The van der Waals surface area contributed by atoms with Gasteiger partial charge in [0.25, 0.3) is 5.91 Å². The van der Waals surface area contributed by atoms with Crippen LogP contribution in [0.3, 0.4) is 0 Å². The van der Waals surface area contributed by atoms with Crippen molar-refractivity contribution in [3.63, 3.8) is 0 Å². The number of thiophene rings is 1. The molecule has 0 bridgehead atoms. The molecule has 1 amide bonds. The van der Waals surface area contributed by atoms with Crippen LogP contribution in [0.25, 0.3) is 32.6 Å². The summed E-state index contributed by atoms with van der Waals surface area (Å²) < 4.78 is 14.9. The molecule has 0 radical (unpaired) electrons. The number of amides is 1. The topological polar surface area (TPSA) is 59.8 Å². The molecule has 5 nitrogen and oxygen atoms in total. The van der Waals surface area contributed by atoms with Gasteiger partial charge in [0, 0.05) is 35.8 Å². The van der Waals surface area contributed by atoms with Crippen molar-refractivity contribution in [2.75, 3.05) is 5.32 Å². The quantitative estimate of drug-likeness (QED) is 0.368. The molecule has 1 N–H and O–H groups in total. The monoisotopic (exact) mass is 442 g/mol. The molecule has 5 aromatic rings. The van der Waals surface area contributed by atoms with Gasteiger partial charge in [-0.2, -0.15) is 5.10 Å². The highest BCUT2D eigenvalue weighted by atomic mass is 32.1. The minimum atomic E-state index is -0.280. The normalized spacial score (nSPS) is 11.1. The Morgan fingerprint density at radius 2 is 1.81 bits per heavy atom. The van der Waals surface area contributed by atoms with Crippen molar-refractivity contribution < 1.29 is 9.18 Å². The van der Waals surface area contributed by atoms with E-state index >= 15 is 0 Å². The van der Waals surface area contributed by atoms with Crippen LogP contribution in [0, 0.1) is 12.7 Å². The zero-order valence-corrected chi connectivity index (χ0v) is 18.3. The molecule has 0 unspecified atom stereocenters. The van der Waals surface area contributed by atoms with E-state index in [0.717, 1.165) is 38.2 Å². The number of benzene rings is 2. The summed E-state index contributed by atoms with van der Waals surface area (Å²) in [5, 5.41) is 8.37. The standard InChI is InChI=1S/C25H19FN4OS/c1-15-5-3-4-6-20(15)21-13-23(30(2)29-21)28-24(31)22-12-17-11-18(14-27-25(17)32-22)16-7-9-19(26)10-8-16/h3-14H,1-2H3,(H,28,31). The Morgan fingerprint density at radius 1 is 1.03 bits per heavy atom. The summed E-state index contributed by atoms with van der Waals surface area (Å²) in [5.74, 6) is 0.124. The number of carbonyl (C=O) groups excluding carboxylic acids is 1. The molecule has 3 heterocycles. The van der Waals surface area contributed by atoms with E-state index in [0.29, 0.717) is 10.7 Å². The summed E-state index contributed by atoms with van der Waals surface area (Å²) in [5.41, 5.74) is 4.70. The van der Waals surface area contributed by atoms with Crippen molar-refractivity contribution >= 4 is 33.3 Å². The van der Waals surface area contributed by atoms with Crippen LogP contribution in [0.1, 0.15) is 15.2 Å². The number of carbonyl (C=O) groups is 1. The number of hydrogen-bond acceptors (Lipinski definition) is 4. The minimum Gasteiger partial charge on any atom is -0.306 e. The molecule has 158 valence electrons. The highest BCUT2D eigenvalue weighted by Crippen LogP contribution is 2.30. The average Bonchev–Trinajstić information content (AvgIpc) is 3.37. The average molecular weight is 443 g/mol. The number of rotatable bonds is 4. The number of aromatic nitrogens is 3. The summed E-state index contributed by atoms with van der Waals surface area (Å²) in [7, 11) is 1.80. The summed E-state index contributed by atoms with van der Waals surface area (Å²) in [6, 6.07) is 19.9. The van der Waals surface area contributed by atoms with Gasteiger partial charge >= 0.3 is 0 Å². The molecule has 0 fully saturated rings. The van der Waals surface area contributed by atoms with Crippen molar-refractivity contribution in [3.8, 4) is 22.4 Å². The van der Waals surface area contributed by atoms with Crippen molar-refractivity contribution in [3.05, 3.63) is 89.2 Å². The van der Waals surface area contributed by atoms with Crippen molar-refractivity contribution in [2.24, 2.45) is 7.05 Å². The molecule has 0 aliphatic heterocycles. The molecule has 3 aromatic heterocycles. The lowest BCUT2D eigenvalue weighted by molar-refractivity contribution is 0.102. The smallest absolute Gasteiger partial charge is 0.266 e. The van der Waals surface area contributed by atoms with Crippen LogP contribution in [0.4, 0.5) is 10.2 Å². The first-order valence-electron chi connectivity index (χ1n) is 10.0. The van der Waals surface area contributed by atoms with Gasteiger partial charge in [-0.1, -0.05) is 36.4 Å². The first-order valence-corrected chi connectivity index (χ1v) is 10.9. The number of hydrogen-bond donors (Lipinski definition) is 1. The fourth-order valence-corrected chi connectivity index (χ4v) is 4.48. The molecule has 0 atom stereocenters. The SMILES string of the molecule is Cc1ccccc1-c1cc(NC(=O)c2cc3cc(-c4ccc(F)cc4)cnc3s2)n(C)n1. The van der Waals surface area contributed by atoms with Gasteiger partial charge in [-0.15, -0.1) is 11.3 Å². The summed E-state index contributed by atoms with van der Waals surface area (Å²) in [6.45, 7) is 2.03. The number of pyridine rings is 1. The summed E-state index contributed by atoms with van der Waals surface area (Å²) >= 11 is 1.33. The maximum atomic E-state index is 13.2. The minimum absolute atomic E-state index is 0.212. The number of halogens is 1. The van der Waals surface area contributed by atoms with Crippen LogP contribution in [-0.2, 0) is 7.05 Å². The fraction of sp³-hybridized carbons (Fsp3) is 0.0800. The second kappa shape index (κ2) is 8.01. The van der Waals surface area contributed by atoms with E-state index in [1.807, 2.05) is 49.4 Å². The maximum absolute atomic E-state index is 13.2. The van der Waals surface area contributed by atoms with Gasteiger partial charge in [-0.3, -0.25) is 9.48 Å². The Labute approximate surface area is 188 Å². The lowest BCUT2D eigenvalue weighted by Crippen LogP contribution is -2.13. The second-order valence-corrected chi connectivity index (χ2v) is 8.57. The second-order valence-electron chi connectivity index (χ2n) is 7.54. The maximum Gasteiger partial charge on any atom is 0.266 e. The first-order chi connectivity index (χ1) is 15.5. The first kappa shape index (κ1) is 20.1. The van der Waals surface area contributed by atoms with Gasteiger partial charge in [0.15, 0.2) is 0 Å². The Kier molecular flexibility index (Phi) is 5.03. The van der Waals surface area contributed by atoms with E-state index in [4.69, 9.17) is 0 Å². The van der Waals surface area contributed by atoms with E-state index in [2.05, 4.69) is 15.4 Å². The third-order valence-electron chi connectivity index (χ3n) is 5.32. The predicted octanol–water partition coefficient (Wildman–Crippen LogP) is 6.06. The van der Waals surface area contributed by atoms with Crippen LogP contribution < -0.4 is 5.32 Å². The van der Waals surface area contributed by atoms with Gasteiger partial charge in [0.05, 0.1) is 10.6 Å². The van der Waals surface area contributed by atoms with E-state index in [9.17, 15) is 9.18 Å². The summed E-state index contributed by atoms with van der Waals surface area (Å²) in [4.78, 5) is 18.7. The number of aryl methyl sites for hydroxylation is 2. The number of nitrogens with zero attached hydrogens (tertiary/aromatic N) is 3. The van der Waals surface area contributed by atoms with Crippen LogP contribution in [0.15, 0.2) is 72.9 Å². The van der Waals surface area contributed by atoms with Gasteiger partial charge in [-0.05, 0) is 42.3 Å². The van der Waals surface area contributed by atoms with E-state index in [1.165, 1.54) is 23.5 Å². The molecule has 5 rings (SSSR count). The van der Waals surface area contributed by atoms with Crippen molar-refractivity contribution in [1.29, 1.82) is 0 Å². The lowest BCUT2D eigenvalue weighted by atomic mass is 10.1. The van der Waals surface area contributed by atoms with Crippen LogP contribution in [0.2, 0.25) is 0 Å². The highest BCUT2D eigenvalue weighted by Gasteiger charge is 2.16. The van der Waals surface area contributed by atoms with Gasteiger partial charge in [0.1, 0.15) is 16.5 Å². The van der Waals surface area contributed by atoms with Crippen molar-refractivity contribution in [2.45, 2.75) is 6.92 Å². The fourth-order valence-electron chi connectivity index (χ4n) is 3.60. The van der Waals surface area contributed by atoms with E-state index < -0.39 is 0 Å². The Morgan fingerprint density at radius 3 is 2.59 bits per heavy atom. The number of anilines is 1. The largest absolute Gasteiger partial charge is 0.306 e. The van der Waals surface area contributed by atoms with Gasteiger partial charge in [-0.25, -0.2) is 9.37 Å². The lowest BCUT2D eigenvalue weighted by Gasteiger charge is -2.02. The third-order valence-corrected chi connectivity index (χ3v) is 6.37. The van der Waals surface area contributed by atoms with Gasteiger partial charge < -0.3 is 5.32 Å². The van der Waals surface area contributed by atoms with Gasteiger partial charge in [0.2, 0.25) is 0 Å². The number of nitrogens with one attached hydrogen (secondary N) is 1. The Hall–Kier alpha value is -3.84. The molecular formula is C25H19FN4OS. The van der Waals surface area contributed by atoms with Crippen LogP contribution in [0.5, 0.6) is 0 Å².